The number of hydrogen-bond acceptors (Lipinski definition) is 2. The molecule has 0 spiro atoms. The minimum atomic E-state index is 0.380. The lowest BCUT2D eigenvalue weighted by Gasteiger charge is -2.25. The molecule has 0 aliphatic carbocycles. The molecule has 0 radical (unpaired) electrons. The maximum absolute atomic E-state index is 5.47. The molecule has 0 fully saturated rings. The molecule has 1 atom stereocenters. The van der Waals surface area contributed by atoms with Gasteiger partial charge < -0.3 is 15.5 Å². The first kappa shape index (κ1) is 18.4. The zero-order valence-corrected chi connectivity index (χ0v) is 15.8. The summed E-state index contributed by atoms with van der Waals surface area (Å²) < 4.78 is 0. The van der Waals surface area contributed by atoms with Gasteiger partial charge >= 0.3 is 0 Å². The summed E-state index contributed by atoms with van der Waals surface area (Å²) in [6, 6.07) is 17.2. The fourth-order valence-corrected chi connectivity index (χ4v) is 2.78. The molecular weight excluding hydrogens is 314 g/mol. The van der Waals surface area contributed by atoms with Gasteiger partial charge in [0.25, 0.3) is 0 Å². The molecule has 0 aliphatic rings. The Balaban J connectivity index is 1.91. The maximum Gasteiger partial charge on any atom is 0.170 e. The van der Waals surface area contributed by atoms with Gasteiger partial charge in [0.15, 0.2) is 5.11 Å². The predicted octanol–water partition coefficient (Wildman–Crippen LogP) is 3.76. The van der Waals surface area contributed by atoms with Gasteiger partial charge in [-0.1, -0.05) is 42.5 Å². The number of anilines is 1. The highest BCUT2D eigenvalue weighted by Gasteiger charge is 2.13. The van der Waals surface area contributed by atoms with E-state index >= 15 is 0 Å². The second kappa shape index (κ2) is 8.81. The van der Waals surface area contributed by atoms with Gasteiger partial charge in [0.1, 0.15) is 0 Å². The molecule has 2 aromatic rings. The smallest absolute Gasteiger partial charge is 0.170 e. The SMILES string of the molecule is Cc1cccc(NC(=S)NC[C@H](Cc2ccccc2)N(C)C)c1C. The number of aryl methyl sites for hydroxylation is 1. The van der Waals surface area contributed by atoms with Crippen LogP contribution in [0.3, 0.4) is 0 Å². The molecule has 0 bridgehead atoms. The fourth-order valence-electron chi connectivity index (χ4n) is 2.59. The van der Waals surface area contributed by atoms with E-state index in [0.717, 1.165) is 18.7 Å². The van der Waals surface area contributed by atoms with Crippen LogP contribution < -0.4 is 10.6 Å². The second-order valence-corrected chi connectivity index (χ2v) is 6.80. The summed E-state index contributed by atoms with van der Waals surface area (Å²) in [5.41, 5.74) is 4.90. The molecule has 0 amide bonds. The topological polar surface area (TPSA) is 27.3 Å². The molecule has 0 saturated heterocycles. The van der Waals surface area contributed by atoms with Crippen LogP contribution in [0.4, 0.5) is 5.69 Å². The third-order valence-corrected chi connectivity index (χ3v) is 4.64. The Bertz CT molecular complexity index is 668. The van der Waals surface area contributed by atoms with Gasteiger partial charge in [0.05, 0.1) is 0 Å². The van der Waals surface area contributed by atoms with Crippen LogP contribution in [0.1, 0.15) is 16.7 Å². The van der Waals surface area contributed by atoms with Gasteiger partial charge in [0.2, 0.25) is 0 Å². The summed E-state index contributed by atoms with van der Waals surface area (Å²) in [5, 5.41) is 7.34. The van der Waals surface area contributed by atoms with E-state index in [1.807, 2.05) is 6.07 Å². The highest BCUT2D eigenvalue weighted by molar-refractivity contribution is 7.80. The normalized spacial score (nSPS) is 12.0. The number of thiocarbonyl (C=S) groups is 1. The molecule has 0 saturated carbocycles. The van der Waals surface area contributed by atoms with Crippen LogP contribution in [-0.2, 0) is 6.42 Å². The average Bonchev–Trinajstić information content (AvgIpc) is 2.56. The zero-order valence-electron chi connectivity index (χ0n) is 15.0. The molecule has 0 unspecified atom stereocenters. The van der Waals surface area contributed by atoms with E-state index in [1.54, 1.807) is 0 Å². The highest BCUT2D eigenvalue weighted by atomic mass is 32.1. The van der Waals surface area contributed by atoms with Crippen molar-refractivity contribution in [1.29, 1.82) is 0 Å². The lowest BCUT2D eigenvalue weighted by Crippen LogP contribution is -2.42. The van der Waals surface area contributed by atoms with Crippen molar-refractivity contribution in [2.75, 3.05) is 26.0 Å². The largest absolute Gasteiger partial charge is 0.361 e. The highest BCUT2D eigenvalue weighted by Crippen LogP contribution is 2.17. The van der Waals surface area contributed by atoms with E-state index in [-0.39, 0.29) is 0 Å². The van der Waals surface area contributed by atoms with Crippen LogP contribution in [-0.4, -0.2) is 36.7 Å². The first-order chi connectivity index (χ1) is 11.5. The molecule has 3 nitrogen and oxygen atoms in total. The maximum atomic E-state index is 5.47. The van der Waals surface area contributed by atoms with Crippen molar-refractivity contribution in [2.24, 2.45) is 0 Å². The van der Waals surface area contributed by atoms with Crippen molar-refractivity contribution in [3.63, 3.8) is 0 Å². The Labute approximate surface area is 151 Å². The van der Waals surface area contributed by atoms with Gasteiger partial charge in [-0.3, -0.25) is 0 Å². The summed E-state index contributed by atoms with van der Waals surface area (Å²) in [6.07, 6.45) is 0.993. The van der Waals surface area contributed by atoms with E-state index in [0.29, 0.717) is 11.2 Å². The molecule has 0 aliphatic heterocycles. The van der Waals surface area contributed by atoms with E-state index in [1.165, 1.54) is 16.7 Å². The van der Waals surface area contributed by atoms with Crippen LogP contribution in [0.15, 0.2) is 48.5 Å². The number of nitrogens with one attached hydrogen (secondary N) is 2. The average molecular weight is 342 g/mol. The predicted molar refractivity (Wildman–Crippen MR) is 108 cm³/mol. The number of likely N-dealkylation sites (N-methyl/N-ethyl adjacent to an activating group) is 1. The van der Waals surface area contributed by atoms with Gasteiger partial charge in [-0.05, 0) is 69.3 Å². The minimum absolute atomic E-state index is 0.380. The van der Waals surface area contributed by atoms with Crippen LogP contribution in [0.5, 0.6) is 0 Å². The van der Waals surface area contributed by atoms with Crippen LogP contribution in [0.25, 0.3) is 0 Å². The van der Waals surface area contributed by atoms with Crippen molar-refractivity contribution in [2.45, 2.75) is 26.3 Å². The molecule has 0 aromatic heterocycles. The van der Waals surface area contributed by atoms with Gasteiger partial charge in [-0.15, -0.1) is 0 Å². The standard InChI is InChI=1S/C20H27N3S/c1-15-9-8-12-19(16(15)2)22-20(24)21-14-18(23(3)4)13-17-10-6-5-7-11-17/h5-12,18H,13-14H2,1-4H3,(H2,21,22,24)/t18-/m0/s1. The second-order valence-electron chi connectivity index (χ2n) is 6.39. The van der Waals surface area contributed by atoms with Crippen molar-refractivity contribution in [1.82, 2.24) is 10.2 Å². The van der Waals surface area contributed by atoms with Gasteiger partial charge in [-0.25, -0.2) is 0 Å². The van der Waals surface area contributed by atoms with Crippen molar-refractivity contribution in [3.8, 4) is 0 Å². The fraction of sp³-hybridized carbons (Fsp3) is 0.350. The minimum Gasteiger partial charge on any atom is -0.361 e. The van der Waals surface area contributed by atoms with Crippen LogP contribution in [0, 0.1) is 13.8 Å². The number of nitrogens with zero attached hydrogens (tertiary/aromatic N) is 1. The summed E-state index contributed by atoms with van der Waals surface area (Å²) in [5.74, 6) is 0. The van der Waals surface area contributed by atoms with Crippen LogP contribution >= 0.6 is 12.2 Å². The van der Waals surface area contributed by atoms with Gasteiger partial charge in [-0.2, -0.15) is 0 Å². The van der Waals surface area contributed by atoms with Crippen molar-refractivity contribution < 1.29 is 0 Å². The Morgan fingerprint density at radius 1 is 1.04 bits per heavy atom. The molecule has 2 N–H and O–H groups in total. The molecule has 0 heterocycles. The quantitative estimate of drug-likeness (QED) is 0.782. The lowest BCUT2D eigenvalue weighted by molar-refractivity contribution is 0.291. The third kappa shape index (κ3) is 5.32. The first-order valence-electron chi connectivity index (χ1n) is 8.29. The Morgan fingerprint density at radius 2 is 1.75 bits per heavy atom. The molecule has 128 valence electrons. The summed E-state index contributed by atoms with van der Waals surface area (Å²) >= 11 is 5.47. The number of hydrogen-bond donors (Lipinski definition) is 2. The van der Waals surface area contributed by atoms with Gasteiger partial charge in [0, 0.05) is 18.3 Å². The Morgan fingerprint density at radius 3 is 2.42 bits per heavy atom. The lowest BCUT2D eigenvalue weighted by atomic mass is 10.1. The Kier molecular flexibility index (Phi) is 6.76. The van der Waals surface area contributed by atoms with E-state index in [9.17, 15) is 0 Å². The number of benzene rings is 2. The molecule has 4 heteroatoms. The van der Waals surface area contributed by atoms with E-state index < -0.39 is 0 Å². The van der Waals surface area contributed by atoms with Crippen molar-refractivity contribution in [3.05, 3.63) is 65.2 Å². The molecule has 2 rings (SSSR count). The van der Waals surface area contributed by atoms with Crippen LogP contribution in [0.2, 0.25) is 0 Å². The summed E-state index contributed by atoms with van der Waals surface area (Å²) in [4.78, 5) is 2.24. The third-order valence-electron chi connectivity index (χ3n) is 4.40. The van der Waals surface area contributed by atoms with E-state index in [2.05, 4.69) is 85.9 Å². The molecule has 2 aromatic carbocycles. The monoisotopic (exact) mass is 341 g/mol. The first-order valence-corrected chi connectivity index (χ1v) is 8.69. The number of rotatable bonds is 6. The molecular formula is C20H27N3S. The summed E-state index contributed by atoms with van der Waals surface area (Å²) in [7, 11) is 4.22. The zero-order chi connectivity index (χ0) is 17.5. The van der Waals surface area contributed by atoms with E-state index in [4.69, 9.17) is 12.2 Å². The van der Waals surface area contributed by atoms with Crippen molar-refractivity contribution >= 4 is 23.0 Å². The molecule has 24 heavy (non-hydrogen) atoms. The Hall–Kier alpha value is -1.91. The summed E-state index contributed by atoms with van der Waals surface area (Å²) in [6.45, 7) is 5.02.